The van der Waals surface area contributed by atoms with Crippen LogP contribution in [0.3, 0.4) is 0 Å². The Balaban J connectivity index is 2.67. The highest BCUT2D eigenvalue weighted by molar-refractivity contribution is 8.13. The normalized spacial score (nSPS) is 11.4. The van der Waals surface area contributed by atoms with Crippen molar-refractivity contribution in [3.63, 3.8) is 0 Å². The Labute approximate surface area is 146 Å². The second-order valence-corrected chi connectivity index (χ2v) is 8.21. The standard InChI is InChI=1S/C17H17ClO3S2/c1-2-6-13-10-14(17(19)22)11-16(23(18,20)21)15(13)9-12-7-4-3-5-8-12/h3-5,7-8,10-11H,2,6,9H2,1H3,(H,19,22). The number of carbonyl (C=O) groups excluding carboxylic acids is 1. The van der Waals surface area contributed by atoms with E-state index in [1.165, 1.54) is 6.07 Å². The van der Waals surface area contributed by atoms with Gasteiger partial charge in [0.25, 0.3) is 9.05 Å². The minimum Gasteiger partial charge on any atom is -0.282 e. The van der Waals surface area contributed by atoms with E-state index in [-0.39, 0.29) is 10.5 Å². The summed E-state index contributed by atoms with van der Waals surface area (Å²) in [7, 11) is 1.65. The molecule has 0 heterocycles. The van der Waals surface area contributed by atoms with E-state index in [4.69, 9.17) is 10.7 Å². The van der Waals surface area contributed by atoms with Gasteiger partial charge < -0.3 is 0 Å². The first-order chi connectivity index (χ1) is 10.8. The van der Waals surface area contributed by atoms with Gasteiger partial charge in [-0.05, 0) is 41.7 Å². The zero-order valence-corrected chi connectivity index (χ0v) is 15.1. The van der Waals surface area contributed by atoms with Crippen molar-refractivity contribution in [2.24, 2.45) is 0 Å². The quantitative estimate of drug-likeness (QED) is 0.613. The molecular formula is C17H17ClO3S2. The second kappa shape index (κ2) is 7.51. The van der Waals surface area contributed by atoms with Crippen LogP contribution in [0.4, 0.5) is 0 Å². The van der Waals surface area contributed by atoms with Crippen LogP contribution < -0.4 is 0 Å². The van der Waals surface area contributed by atoms with Crippen LogP contribution in [0.25, 0.3) is 0 Å². The molecule has 2 rings (SSSR count). The molecule has 122 valence electrons. The van der Waals surface area contributed by atoms with Crippen molar-refractivity contribution in [2.45, 2.75) is 31.1 Å². The highest BCUT2D eigenvalue weighted by atomic mass is 35.7. The molecule has 0 bridgehead atoms. The molecule has 0 amide bonds. The average molecular weight is 369 g/mol. The molecule has 0 unspecified atom stereocenters. The molecule has 0 fully saturated rings. The number of aryl methyl sites for hydroxylation is 1. The molecule has 2 aromatic rings. The Morgan fingerprint density at radius 1 is 1.17 bits per heavy atom. The molecule has 0 radical (unpaired) electrons. The molecule has 0 aliphatic carbocycles. The van der Waals surface area contributed by atoms with Crippen LogP contribution in [-0.4, -0.2) is 13.5 Å². The first-order valence-corrected chi connectivity index (χ1v) is 9.96. The number of benzene rings is 2. The maximum atomic E-state index is 12.0. The monoisotopic (exact) mass is 368 g/mol. The number of thiol groups is 1. The number of halogens is 1. The fourth-order valence-electron chi connectivity index (χ4n) is 2.54. The lowest BCUT2D eigenvalue weighted by Crippen LogP contribution is -2.07. The molecule has 0 aliphatic rings. The summed E-state index contributed by atoms with van der Waals surface area (Å²) in [5, 5.41) is -0.477. The molecule has 0 saturated heterocycles. The molecule has 3 nitrogen and oxygen atoms in total. The highest BCUT2D eigenvalue weighted by Gasteiger charge is 2.21. The third kappa shape index (κ3) is 4.59. The van der Waals surface area contributed by atoms with Gasteiger partial charge in [-0.3, -0.25) is 4.79 Å². The van der Waals surface area contributed by atoms with Crippen molar-refractivity contribution in [1.29, 1.82) is 0 Å². The van der Waals surface area contributed by atoms with Gasteiger partial charge in [-0.1, -0.05) is 43.7 Å². The van der Waals surface area contributed by atoms with E-state index in [1.54, 1.807) is 6.07 Å². The molecule has 0 aliphatic heterocycles. The molecule has 6 heteroatoms. The van der Waals surface area contributed by atoms with Gasteiger partial charge in [0.15, 0.2) is 0 Å². The molecule has 0 aromatic heterocycles. The van der Waals surface area contributed by atoms with Crippen LogP contribution in [0, 0.1) is 0 Å². The van der Waals surface area contributed by atoms with Crippen molar-refractivity contribution in [1.82, 2.24) is 0 Å². The fourth-order valence-corrected chi connectivity index (χ4v) is 3.84. The Kier molecular flexibility index (Phi) is 5.89. The van der Waals surface area contributed by atoms with Crippen LogP contribution in [0.1, 0.15) is 40.4 Å². The van der Waals surface area contributed by atoms with Gasteiger partial charge in [0.1, 0.15) is 0 Å². The lowest BCUT2D eigenvalue weighted by atomic mass is 9.95. The maximum Gasteiger partial charge on any atom is 0.261 e. The van der Waals surface area contributed by atoms with Crippen LogP contribution >= 0.6 is 23.3 Å². The lowest BCUT2D eigenvalue weighted by Gasteiger charge is -2.15. The molecule has 23 heavy (non-hydrogen) atoms. The summed E-state index contributed by atoms with van der Waals surface area (Å²) >= 11 is 3.80. The molecule has 0 atom stereocenters. The topological polar surface area (TPSA) is 51.2 Å². The first kappa shape index (κ1) is 18.0. The molecule has 0 saturated carbocycles. The van der Waals surface area contributed by atoms with Gasteiger partial charge >= 0.3 is 0 Å². The zero-order chi connectivity index (χ0) is 17.0. The number of hydrogen-bond donors (Lipinski definition) is 1. The van der Waals surface area contributed by atoms with E-state index in [9.17, 15) is 13.2 Å². The summed E-state index contributed by atoms with van der Waals surface area (Å²) in [6.45, 7) is 2.00. The Hall–Kier alpha value is -1.30. The van der Waals surface area contributed by atoms with E-state index in [1.807, 2.05) is 37.3 Å². The van der Waals surface area contributed by atoms with Crippen molar-refractivity contribution in [2.75, 3.05) is 0 Å². The number of hydrogen-bond acceptors (Lipinski definition) is 3. The van der Waals surface area contributed by atoms with Crippen molar-refractivity contribution in [3.8, 4) is 0 Å². The fraction of sp³-hybridized carbons (Fsp3) is 0.235. The van der Waals surface area contributed by atoms with Crippen LogP contribution in [0.15, 0.2) is 47.4 Å². The summed E-state index contributed by atoms with van der Waals surface area (Å²) in [6.07, 6.45) is 1.93. The summed E-state index contributed by atoms with van der Waals surface area (Å²) in [5.41, 5.74) is 2.69. The Bertz CT molecular complexity index is 815. The number of rotatable bonds is 6. The molecule has 0 spiro atoms. The largest absolute Gasteiger partial charge is 0.282 e. The predicted octanol–water partition coefficient (Wildman–Crippen LogP) is 4.23. The lowest BCUT2D eigenvalue weighted by molar-refractivity contribution is 0.109. The minimum absolute atomic E-state index is 0.00799. The smallest absolute Gasteiger partial charge is 0.261 e. The van der Waals surface area contributed by atoms with E-state index in [2.05, 4.69) is 12.6 Å². The van der Waals surface area contributed by atoms with Gasteiger partial charge in [0.05, 0.1) is 4.90 Å². The molecular weight excluding hydrogens is 352 g/mol. The van der Waals surface area contributed by atoms with Gasteiger partial charge in [-0.25, -0.2) is 8.42 Å². The first-order valence-electron chi connectivity index (χ1n) is 7.20. The Morgan fingerprint density at radius 2 is 1.83 bits per heavy atom. The average Bonchev–Trinajstić information content (AvgIpc) is 2.48. The SMILES string of the molecule is CCCc1cc(C(=O)S)cc(S(=O)(=O)Cl)c1Cc1ccccc1. The van der Waals surface area contributed by atoms with Crippen LogP contribution in [0.2, 0.25) is 0 Å². The summed E-state index contributed by atoms with van der Waals surface area (Å²) in [5.74, 6) is 0. The van der Waals surface area contributed by atoms with E-state index < -0.39 is 14.2 Å². The second-order valence-electron chi connectivity index (χ2n) is 5.27. The summed E-state index contributed by atoms with van der Waals surface area (Å²) in [6, 6.07) is 12.6. The van der Waals surface area contributed by atoms with Gasteiger partial charge in [0.2, 0.25) is 5.12 Å². The van der Waals surface area contributed by atoms with Gasteiger partial charge in [0, 0.05) is 16.2 Å². The number of carbonyl (C=O) groups is 1. The predicted molar refractivity (Wildman–Crippen MR) is 96.0 cm³/mol. The van der Waals surface area contributed by atoms with Gasteiger partial charge in [-0.2, -0.15) is 0 Å². The minimum atomic E-state index is -3.96. The van der Waals surface area contributed by atoms with Crippen LogP contribution in [0.5, 0.6) is 0 Å². The molecule has 2 aromatic carbocycles. The van der Waals surface area contributed by atoms with Gasteiger partial charge in [-0.15, -0.1) is 12.6 Å². The molecule has 0 N–H and O–H groups in total. The summed E-state index contributed by atoms with van der Waals surface area (Å²) in [4.78, 5) is 11.6. The van der Waals surface area contributed by atoms with Crippen LogP contribution in [-0.2, 0) is 21.9 Å². The maximum absolute atomic E-state index is 12.0. The third-order valence-electron chi connectivity index (χ3n) is 3.55. The van der Waals surface area contributed by atoms with Crippen molar-refractivity contribution in [3.05, 3.63) is 64.7 Å². The third-order valence-corrected chi connectivity index (χ3v) is 5.20. The zero-order valence-electron chi connectivity index (χ0n) is 12.6. The van der Waals surface area contributed by atoms with E-state index >= 15 is 0 Å². The van der Waals surface area contributed by atoms with E-state index in [0.717, 1.165) is 17.5 Å². The van der Waals surface area contributed by atoms with Crippen molar-refractivity contribution < 1.29 is 13.2 Å². The van der Waals surface area contributed by atoms with E-state index in [0.29, 0.717) is 18.4 Å². The highest BCUT2D eigenvalue weighted by Crippen LogP contribution is 2.29. The van der Waals surface area contributed by atoms with Crippen molar-refractivity contribution >= 4 is 37.5 Å². The summed E-state index contributed by atoms with van der Waals surface area (Å²) < 4.78 is 24.0. The Morgan fingerprint density at radius 3 is 2.35 bits per heavy atom.